The molecule has 0 spiro atoms. The summed E-state index contributed by atoms with van der Waals surface area (Å²) in [5.41, 5.74) is 10.9. The fourth-order valence-electron chi connectivity index (χ4n) is 3.69. The second-order valence-electron chi connectivity index (χ2n) is 6.60. The lowest BCUT2D eigenvalue weighted by atomic mass is 9.91. The van der Waals surface area contributed by atoms with Crippen molar-refractivity contribution in [1.82, 2.24) is 4.98 Å². The lowest BCUT2D eigenvalue weighted by Gasteiger charge is -2.16. The van der Waals surface area contributed by atoms with Gasteiger partial charge in [0, 0.05) is 15.8 Å². The summed E-state index contributed by atoms with van der Waals surface area (Å²) in [6.45, 7) is 2.38. The van der Waals surface area contributed by atoms with Crippen LogP contribution < -0.4 is 11.3 Å². The molecule has 2 heterocycles. The Labute approximate surface area is 177 Å². The number of pyridine rings is 1. The molecular weight excluding hydrogens is 415 g/mol. The average molecular weight is 435 g/mol. The van der Waals surface area contributed by atoms with E-state index >= 15 is 0 Å². The van der Waals surface area contributed by atoms with Gasteiger partial charge in [0.25, 0.3) is 5.56 Å². The summed E-state index contributed by atoms with van der Waals surface area (Å²) in [4.78, 5) is 15.5. The first kappa shape index (κ1) is 20.8. The maximum Gasteiger partial charge on any atom is 0.266 e. The number of nitrogens with two attached hydrogens (primary N) is 1. The molecule has 4 rings (SSSR count). The molecule has 0 saturated carbocycles. The summed E-state index contributed by atoms with van der Waals surface area (Å²) in [5, 5.41) is 14.4. The standard InChI is InChI=1S/C21H19ClN2O2S.ClH/c1-11-8-14(10-25)17(13-3-2-12(4-6-23)16(22)9-13)18-15-5-7-27-20(15)21(26)24-19(11)18;/h2-3,5,7-9,25H,4,6,10,23H2,1H3,(H,24,26);1H. The van der Waals surface area contributed by atoms with Crippen molar-refractivity contribution in [1.29, 1.82) is 0 Å². The van der Waals surface area contributed by atoms with Crippen molar-refractivity contribution in [2.75, 3.05) is 6.54 Å². The second-order valence-corrected chi connectivity index (χ2v) is 7.92. The van der Waals surface area contributed by atoms with E-state index in [1.54, 1.807) is 0 Å². The second kappa shape index (κ2) is 8.23. The third-order valence-electron chi connectivity index (χ3n) is 4.91. The van der Waals surface area contributed by atoms with Crippen molar-refractivity contribution in [3.8, 4) is 11.1 Å². The Morgan fingerprint density at radius 2 is 2.00 bits per heavy atom. The third-order valence-corrected chi connectivity index (χ3v) is 6.18. The highest BCUT2D eigenvalue weighted by Gasteiger charge is 2.18. The average Bonchev–Trinajstić information content (AvgIpc) is 3.15. The first-order valence-corrected chi connectivity index (χ1v) is 9.96. The van der Waals surface area contributed by atoms with Gasteiger partial charge in [-0.25, -0.2) is 0 Å². The molecule has 0 amide bonds. The molecule has 0 saturated heterocycles. The number of thiophene rings is 1. The molecule has 7 heteroatoms. The number of nitrogens with one attached hydrogen (secondary N) is 1. The lowest BCUT2D eigenvalue weighted by molar-refractivity contribution is 0.282. The van der Waals surface area contributed by atoms with E-state index in [-0.39, 0.29) is 24.6 Å². The first-order chi connectivity index (χ1) is 13.0. The highest BCUT2D eigenvalue weighted by atomic mass is 35.5. The largest absolute Gasteiger partial charge is 0.392 e. The van der Waals surface area contributed by atoms with Crippen LogP contribution in [0.1, 0.15) is 16.7 Å². The van der Waals surface area contributed by atoms with E-state index < -0.39 is 0 Å². The van der Waals surface area contributed by atoms with Crippen molar-refractivity contribution in [3.05, 3.63) is 67.8 Å². The van der Waals surface area contributed by atoms with E-state index in [0.29, 0.717) is 22.7 Å². The van der Waals surface area contributed by atoms with Gasteiger partial charge in [0.1, 0.15) is 4.70 Å². The van der Waals surface area contributed by atoms with Crippen molar-refractivity contribution >= 4 is 56.3 Å². The van der Waals surface area contributed by atoms with Crippen LogP contribution in [0.3, 0.4) is 0 Å². The van der Waals surface area contributed by atoms with Crippen molar-refractivity contribution in [2.45, 2.75) is 20.0 Å². The number of aryl methyl sites for hydroxylation is 1. The van der Waals surface area contributed by atoms with Crippen molar-refractivity contribution in [2.24, 2.45) is 5.73 Å². The molecule has 0 fully saturated rings. The number of halogens is 2. The van der Waals surface area contributed by atoms with Gasteiger partial charge in [-0.15, -0.1) is 23.7 Å². The third kappa shape index (κ3) is 3.34. The van der Waals surface area contributed by atoms with Crippen LogP contribution >= 0.6 is 35.3 Å². The quantitative estimate of drug-likeness (QED) is 0.431. The molecule has 2 aromatic carbocycles. The highest BCUT2D eigenvalue weighted by molar-refractivity contribution is 7.17. The van der Waals surface area contributed by atoms with Gasteiger partial charge in [-0.1, -0.05) is 29.8 Å². The van der Waals surface area contributed by atoms with Gasteiger partial charge in [-0.2, -0.15) is 0 Å². The maximum atomic E-state index is 12.5. The Morgan fingerprint density at radius 1 is 1.21 bits per heavy atom. The Morgan fingerprint density at radius 3 is 2.68 bits per heavy atom. The van der Waals surface area contributed by atoms with Gasteiger partial charge in [0.2, 0.25) is 0 Å². The van der Waals surface area contributed by atoms with Crippen LogP contribution in [0.15, 0.2) is 40.5 Å². The lowest BCUT2D eigenvalue weighted by Crippen LogP contribution is -2.07. The molecule has 4 aromatic rings. The van der Waals surface area contributed by atoms with Gasteiger partial charge in [-0.3, -0.25) is 4.79 Å². The monoisotopic (exact) mass is 434 g/mol. The minimum Gasteiger partial charge on any atom is -0.392 e. The number of fused-ring (bicyclic) bond motifs is 3. The minimum absolute atomic E-state index is 0. The molecule has 0 atom stereocenters. The van der Waals surface area contributed by atoms with Gasteiger partial charge >= 0.3 is 0 Å². The van der Waals surface area contributed by atoms with Crippen LogP contribution in [0.25, 0.3) is 32.1 Å². The van der Waals surface area contributed by atoms with Crippen LogP contribution in [0.5, 0.6) is 0 Å². The molecule has 0 aliphatic rings. The van der Waals surface area contributed by atoms with Crippen LogP contribution in [0.2, 0.25) is 5.02 Å². The molecule has 0 unspecified atom stereocenters. The summed E-state index contributed by atoms with van der Waals surface area (Å²) in [6.07, 6.45) is 0.711. The van der Waals surface area contributed by atoms with Crippen molar-refractivity contribution < 1.29 is 5.11 Å². The zero-order valence-corrected chi connectivity index (χ0v) is 17.6. The molecule has 0 bridgehead atoms. The normalized spacial score (nSPS) is 11.1. The molecule has 4 N–H and O–H groups in total. The van der Waals surface area contributed by atoms with E-state index in [9.17, 15) is 9.90 Å². The molecule has 0 aliphatic carbocycles. The number of aromatic amines is 1. The smallest absolute Gasteiger partial charge is 0.266 e. The van der Waals surface area contributed by atoms with Gasteiger partial charge in [0.05, 0.1) is 12.1 Å². The topological polar surface area (TPSA) is 79.1 Å². The van der Waals surface area contributed by atoms with Crippen LogP contribution in [-0.4, -0.2) is 16.6 Å². The number of aliphatic hydroxyl groups is 1. The van der Waals surface area contributed by atoms with Crippen LogP contribution in [-0.2, 0) is 13.0 Å². The van der Waals surface area contributed by atoms with Crippen LogP contribution in [0.4, 0.5) is 0 Å². The summed E-state index contributed by atoms with van der Waals surface area (Å²) < 4.78 is 0.684. The number of aromatic nitrogens is 1. The molecule has 0 radical (unpaired) electrons. The first-order valence-electron chi connectivity index (χ1n) is 8.70. The molecule has 2 aromatic heterocycles. The SMILES string of the molecule is Cc1cc(CO)c(-c2ccc(CCN)c(Cl)c2)c2c1[nH]c(=O)c1sccc12.Cl. The molecule has 28 heavy (non-hydrogen) atoms. The Hall–Kier alpha value is -1.89. The number of rotatable bonds is 4. The summed E-state index contributed by atoms with van der Waals surface area (Å²) >= 11 is 7.90. The van der Waals surface area contributed by atoms with Gasteiger partial charge in [0.15, 0.2) is 0 Å². The minimum atomic E-state index is -0.0982. The fraction of sp³-hybridized carbons (Fsp3) is 0.190. The molecule has 0 aliphatic heterocycles. The van der Waals surface area contributed by atoms with E-state index in [1.165, 1.54) is 11.3 Å². The number of aliphatic hydroxyl groups excluding tert-OH is 1. The maximum absolute atomic E-state index is 12.5. The predicted molar refractivity (Wildman–Crippen MR) is 121 cm³/mol. The predicted octanol–water partition coefficient (Wildman–Crippen LogP) is 4.79. The Bertz CT molecular complexity index is 1230. The highest BCUT2D eigenvalue weighted by Crippen LogP contribution is 2.39. The number of benzene rings is 2. The molecular formula is C21H20Cl2N2O2S. The van der Waals surface area contributed by atoms with Gasteiger partial charge in [-0.05, 0) is 65.2 Å². The van der Waals surface area contributed by atoms with E-state index in [2.05, 4.69) is 4.98 Å². The molecule has 4 nitrogen and oxygen atoms in total. The zero-order valence-electron chi connectivity index (χ0n) is 15.2. The number of hydrogen-bond donors (Lipinski definition) is 3. The summed E-state index contributed by atoms with van der Waals surface area (Å²) in [6, 6.07) is 9.79. The van der Waals surface area contributed by atoms with E-state index in [0.717, 1.165) is 44.1 Å². The summed E-state index contributed by atoms with van der Waals surface area (Å²) in [7, 11) is 0. The number of hydrogen-bond acceptors (Lipinski definition) is 4. The van der Waals surface area contributed by atoms with Crippen molar-refractivity contribution in [3.63, 3.8) is 0 Å². The fourth-order valence-corrected chi connectivity index (χ4v) is 4.76. The van der Waals surface area contributed by atoms with E-state index in [1.807, 2.05) is 42.6 Å². The number of H-pyrrole nitrogens is 1. The van der Waals surface area contributed by atoms with Gasteiger partial charge < -0.3 is 15.8 Å². The van der Waals surface area contributed by atoms with E-state index in [4.69, 9.17) is 17.3 Å². The Balaban J connectivity index is 0.00000225. The summed E-state index contributed by atoms with van der Waals surface area (Å²) in [5.74, 6) is 0. The molecule has 146 valence electrons. The van der Waals surface area contributed by atoms with Crippen LogP contribution in [0, 0.1) is 6.92 Å². The zero-order chi connectivity index (χ0) is 19.1. The Kier molecular flexibility index (Phi) is 6.12.